The Bertz CT molecular complexity index is 1540. The average Bonchev–Trinajstić information content (AvgIpc) is 3.17. The number of benzene rings is 4. The molecule has 0 saturated carbocycles. The molecule has 2 amide bonds. The van der Waals surface area contributed by atoms with Crippen molar-refractivity contribution in [3.63, 3.8) is 0 Å². The van der Waals surface area contributed by atoms with Crippen LogP contribution in [0.15, 0.2) is 97.1 Å². The summed E-state index contributed by atoms with van der Waals surface area (Å²) in [6, 6.07) is 27.1. The van der Waals surface area contributed by atoms with Crippen LogP contribution in [0.2, 0.25) is 0 Å². The number of ether oxygens (including phenoxy) is 1. The van der Waals surface area contributed by atoms with Crippen LogP contribution < -0.4 is 4.90 Å². The minimum Gasteiger partial charge on any atom is -0.445 e. The first-order valence-electron chi connectivity index (χ1n) is 11.8. The van der Waals surface area contributed by atoms with E-state index < -0.39 is 23.9 Å². The quantitative estimate of drug-likeness (QED) is 0.192. The third-order valence-electron chi connectivity index (χ3n) is 6.34. The van der Waals surface area contributed by atoms with Crippen molar-refractivity contribution in [2.75, 3.05) is 4.90 Å². The molecule has 0 N–H and O–H groups in total. The predicted molar refractivity (Wildman–Crippen MR) is 139 cm³/mol. The Morgan fingerprint density at radius 3 is 2.03 bits per heavy atom. The summed E-state index contributed by atoms with van der Waals surface area (Å²) in [5.74, 6) is -2.10. The molecule has 1 aliphatic rings. The number of carbonyl (C=O) groups is 4. The maximum atomic E-state index is 13.3. The molecule has 4 aromatic rings. The van der Waals surface area contributed by atoms with Crippen molar-refractivity contribution in [2.45, 2.75) is 20.0 Å². The lowest BCUT2D eigenvalue weighted by atomic mass is 9.99. The van der Waals surface area contributed by atoms with Gasteiger partial charge in [0.1, 0.15) is 0 Å². The van der Waals surface area contributed by atoms with Crippen molar-refractivity contribution in [1.29, 1.82) is 0 Å². The highest BCUT2D eigenvalue weighted by Gasteiger charge is 2.38. The second-order valence-electron chi connectivity index (χ2n) is 8.92. The van der Waals surface area contributed by atoms with Crippen molar-refractivity contribution in [2.24, 2.45) is 0 Å². The fourth-order valence-electron chi connectivity index (χ4n) is 4.47. The van der Waals surface area contributed by atoms with Gasteiger partial charge in [0.05, 0.1) is 22.4 Å². The maximum absolute atomic E-state index is 13.3. The summed E-state index contributed by atoms with van der Waals surface area (Å²) in [5.41, 5.74) is 3.63. The molecule has 1 aliphatic heterocycles. The third-order valence-corrected chi connectivity index (χ3v) is 6.34. The van der Waals surface area contributed by atoms with Gasteiger partial charge in [-0.15, -0.1) is 0 Å². The molecule has 0 fully saturated rings. The van der Waals surface area contributed by atoms with Crippen LogP contribution in [-0.2, 0) is 4.74 Å². The molecule has 5 rings (SSSR count). The minimum absolute atomic E-state index is 0.0733. The standard InChI is InChI=1S/C31H23NO5/c1-19-13-16-26(20(2)17-19)32-29(34)24-15-14-23(18-25(24)30(32)35)31(36)37-28(22-11-7-4-8-12-22)27(33)21-9-5-3-6-10-21/h3-18,28H,1-2H3. The van der Waals surface area contributed by atoms with E-state index in [2.05, 4.69) is 0 Å². The van der Waals surface area contributed by atoms with Crippen molar-refractivity contribution in [1.82, 2.24) is 0 Å². The van der Waals surface area contributed by atoms with Gasteiger partial charge in [-0.1, -0.05) is 78.4 Å². The molecule has 1 unspecified atom stereocenters. The van der Waals surface area contributed by atoms with Gasteiger partial charge in [-0.25, -0.2) is 9.69 Å². The molecular weight excluding hydrogens is 466 g/mol. The molecule has 0 spiro atoms. The first-order chi connectivity index (χ1) is 17.8. The lowest BCUT2D eigenvalue weighted by molar-refractivity contribution is 0.0280. The summed E-state index contributed by atoms with van der Waals surface area (Å²) < 4.78 is 5.71. The molecule has 37 heavy (non-hydrogen) atoms. The Kier molecular flexibility index (Phi) is 6.24. The zero-order chi connectivity index (χ0) is 26.1. The minimum atomic E-state index is -1.17. The van der Waals surface area contributed by atoms with Gasteiger partial charge in [-0.2, -0.15) is 0 Å². The molecule has 1 atom stereocenters. The fourth-order valence-corrected chi connectivity index (χ4v) is 4.47. The van der Waals surface area contributed by atoms with Gasteiger partial charge < -0.3 is 4.74 Å². The number of anilines is 1. The van der Waals surface area contributed by atoms with E-state index in [1.165, 1.54) is 18.2 Å². The van der Waals surface area contributed by atoms with E-state index in [9.17, 15) is 19.2 Å². The topological polar surface area (TPSA) is 80.8 Å². The van der Waals surface area contributed by atoms with Crippen LogP contribution in [0, 0.1) is 13.8 Å². The Morgan fingerprint density at radius 2 is 1.35 bits per heavy atom. The Hall–Kier alpha value is -4.84. The van der Waals surface area contributed by atoms with Crippen molar-refractivity contribution < 1.29 is 23.9 Å². The zero-order valence-electron chi connectivity index (χ0n) is 20.3. The lowest BCUT2D eigenvalue weighted by Crippen LogP contribution is -2.30. The molecule has 182 valence electrons. The van der Waals surface area contributed by atoms with E-state index in [4.69, 9.17) is 4.74 Å². The van der Waals surface area contributed by atoms with Gasteiger partial charge >= 0.3 is 5.97 Å². The summed E-state index contributed by atoms with van der Waals surface area (Å²) in [7, 11) is 0. The van der Waals surface area contributed by atoms with E-state index in [-0.39, 0.29) is 22.5 Å². The number of esters is 1. The lowest BCUT2D eigenvalue weighted by Gasteiger charge is -2.18. The van der Waals surface area contributed by atoms with E-state index in [1.54, 1.807) is 66.7 Å². The second-order valence-corrected chi connectivity index (χ2v) is 8.92. The van der Waals surface area contributed by atoms with Crippen molar-refractivity contribution in [3.8, 4) is 0 Å². The average molecular weight is 490 g/mol. The van der Waals surface area contributed by atoms with Crippen LogP contribution in [0.4, 0.5) is 5.69 Å². The molecule has 1 heterocycles. The number of hydrogen-bond acceptors (Lipinski definition) is 5. The molecular formula is C31H23NO5. The molecule has 0 saturated heterocycles. The van der Waals surface area contributed by atoms with E-state index >= 15 is 0 Å². The molecule has 0 bridgehead atoms. The summed E-state index contributed by atoms with van der Waals surface area (Å²) >= 11 is 0. The van der Waals surface area contributed by atoms with Crippen LogP contribution in [0.5, 0.6) is 0 Å². The number of Topliss-reactive ketones (excluding diaryl/α,β-unsaturated/α-hetero) is 1. The number of hydrogen-bond donors (Lipinski definition) is 0. The highest BCUT2D eigenvalue weighted by Crippen LogP contribution is 2.32. The first kappa shape index (κ1) is 23.9. The summed E-state index contributed by atoms with van der Waals surface area (Å²) in [6.45, 7) is 3.77. The van der Waals surface area contributed by atoms with Crippen molar-refractivity contribution in [3.05, 3.63) is 136 Å². The normalized spacial score (nSPS) is 13.3. The number of ketones is 1. The van der Waals surface area contributed by atoms with Crippen LogP contribution in [0.25, 0.3) is 0 Å². The van der Waals surface area contributed by atoms with Crippen LogP contribution in [0.1, 0.15) is 64.2 Å². The predicted octanol–water partition coefficient (Wildman–Crippen LogP) is 5.89. The second kappa shape index (κ2) is 9.66. The third kappa shape index (κ3) is 4.45. The Labute approximate surface area is 214 Å². The number of nitrogens with zero attached hydrogens (tertiary/aromatic N) is 1. The van der Waals surface area contributed by atoms with Gasteiger partial charge in [-0.05, 0) is 43.7 Å². The van der Waals surface area contributed by atoms with Gasteiger partial charge in [-0.3, -0.25) is 14.4 Å². The summed E-state index contributed by atoms with van der Waals surface area (Å²) in [4.78, 5) is 53.9. The number of amides is 2. The number of carbonyl (C=O) groups excluding carboxylic acids is 4. The van der Waals surface area contributed by atoms with E-state index in [0.717, 1.165) is 16.0 Å². The molecule has 0 aromatic heterocycles. The fraction of sp³-hybridized carbons (Fsp3) is 0.0968. The van der Waals surface area contributed by atoms with E-state index in [0.29, 0.717) is 16.8 Å². The SMILES string of the molecule is Cc1ccc(N2C(=O)c3ccc(C(=O)OC(C(=O)c4ccccc4)c4ccccc4)cc3C2=O)c(C)c1. The summed E-state index contributed by atoms with van der Waals surface area (Å²) in [5, 5.41) is 0. The number of fused-ring (bicyclic) bond motifs is 1. The van der Waals surface area contributed by atoms with Gasteiger partial charge in [0.15, 0.2) is 6.10 Å². The van der Waals surface area contributed by atoms with E-state index in [1.807, 2.05) is 26.0 Å². The molecule has 4 aromatic carbocycles. The monoisotopic (exact) mass is 489 g/mol. The largest absolute Gasteiger partial charge is 0.445 e. The van der Waals surface area contributed by atoms with Gasteiger partial charge in [0.2, 0.25) is 5.78 Å². The first-order valence-corrected chi connectivity index (χ1v) is 11.8. The van der Waals surface area contributed by atoms with Gasteiger partial charge in [0, 0.05) is 11.1 Å². The molecule has 0 aliphatic carbocycles. The number of rotatable bonds is 6. The van der Waals surface area contributed by atoms with Crippen LogP contribution in [-0.4, -0.2) is 23.6 Å². The number of aryl methyl sites for hydroxylation is 2. The van der Waals surface area contributed by atoms with Crippen LogP contribution in [0.3, 0.4) is 0 Å². The smallest absolute Gasteiger partial charge is 0.339 e. The molecule has 0 radical (unpaired) electrons. The zero-order valence-corrected chi connectivity index (χ0v) is 20.3. The summed E-state index contributed by atoms with van der Waals surface area (Å²) in [6.07, 6.45) is -1.17. The van der Waals surface area contributed by atoms with Gasteiger partial charge in [0.25, 0.3) is 11.8 Å². The Balaban J connectivity index is 1.45. The maximum Gasteiger partial charge on any atom is 0.339 e. The highest BCUT2D eigenvalue weighted by atomic mass is 16.5. The highest BCUT2D eigenvalue weighted by molar-refractivity contribution is 6.35. The Morgan fingerprint density at radius 1 is 0.703 bits per heavy atom. The number of imide groups is 1. The molecule has 6 nitrogen and oxygen atoms in total. The van der Waals surface area contributed by atoms with Crippen LogP contribution >= 0.6 is 0 Å². The van der Waals surface area contributed by atoms with Crippen molar-refractivity contribution >= 4 is 29.3 Å². The molecule has 6 heteroatoms.